The van der Waals surface area contributed by atoms with Crippen molar-refractivity contribution in [2.75, 3.05) is 21.7 Å². The summed E-state index contributed by atoms with van der Waals surface area (Å²) in [5, 5.41) is 22.9. The summed E-state index contributed by atoms with van der Waals surface area (Å²) < 4.78 is 0. The van der Waals surface area contributed by atoms with Gasteiger partial charge in [-0.05, 0) is 111 Å². The lowest BCUT2D eigenvalue weighted by atomic mass is 10.1. The van der Waals surface area contributed by atoms with E-state index in [2.05, 4.69) is 28.1 Å². The Kier molecular flexibility index (Phi) is 12.3. The predicted octanol–water partition coefficient (Wildman–Crippen LogP) is 10.6. The van der Waals surface area contributed by atoms with Crippen molar-refractivity contribution in [3.8, 4) is 0 Å². The molecule has 0 bridgehead atoms. The van der Waals surface area contributed by atoms with Gasteiger partial charge in [-0.3, -0.25) is 14.4 Å². The first-order valence-corrected chi connectivity index (χ1v) is 18.9. The van der Waals surface area contributed by atoms with Gasteiger partial charge >= 0.3 is 5.97 Å². The minimum Gasteiger partial charge on any atom is -0.478 e. The summed E-state index contributed by atoms with van der Waals surface area (Å²) in [6.45, 7) is 7.49. The summed E-state index contributed by atoms with van der Waals surface area (Å²) >= 11 is 0. The number of nitrogens with one attached hydrogen (secondary N) is 3. The number of nitrogens with two attached hydrogens (primary N) is 1. The zero-order valence-corrected chi connectivity index (χ0v) is 32.5. The predicted molar refractivity (Wildman–Crippen MR) is 231 cm³/mol. The van der Waals surface area contributed by atoms with Crippen LogP contribution in [0.2, 0.25) is 0 Å². The number of rotatable bonds is 7. The molecule has 288 valence electrons. The van der Waals surface area contributed by atoms with Crippen molar-refractivity contribution in [1.29, 1.82) is 0 Å². The molecule has 57 heavy (non-hydrogen) atoms. The van der Waals surface area contributed by atoms with E-state index < -0.39 is 5.97 Å². The Labute approximate surface area is 332 Å². The first kappa shape index (κ1) is 39.7. The molecule has 0 radical (unpaired) electrons. The fourth-order valence-electron chi connectivity index (χ4n) is 6.86. The van der Waals surface area contributed by atoms with Crippen LogP contribution in [0.5, 0.6) is 0 Å². The Bertz CT molecular complexity index is 2590. The normalized spacial score (nSPS) is 13.5. The molecule has 9 nitrogen and oxygen atoms in total. The third-order valence-electron chi connectivity index (χ3n) is 10.3. The minimum absolute atomic E-state index is 0.141. The Morgan fingerprint density at radius 1 is 0.544 bits per heavy atom. The third kappa shape index (κ3) is 9.45. The summed E-state index contributed by atoms with van der Waals surface area (Å²) in [6, 6.07) is 38.4. The lowest BCUT2D eigenvalue weighted by Crippen LogP contribution is -2.12. The van der Waals surface area contributed by atoms with Crippen LogP contribution < -0.4 is 21.7 Å². The standard InChI is InChI=1S/C24H22N2O2.C14H15NO3.C10H9N/c1-15-14-18(10-11-20(15)25-21-12-13-23(27)16(21)2)24(28)26-22-9-5-7-17-6-3-4-8-19(17)22;1-8-7-10(14(17)18)3-4-11(8)15-12-5-6-13(16)9(12)2;11-10-7-3-5-8-4-1-2-6-9(8)10/h3-11,14,25H,12-13H2,1-2H3,(H,26,28);3-4,7,15H,5-6H2,1-2H3,(H,17,18);1-7H,11H2. The average Bonchev–Trinajstić information content (AvgIpc) is 3.70. The molecule has 2 aliphatic rings. The monoisotopic (exact) mass is 758 g/mol. The second-order valence-electron chi connectivity index (χ2n) is 14.2. The smallest absolute Gasteiger partial charge is 0.335 e. The van der Waals surface area contributed by atoms with Crippen LogP contribution in [0.15, 0.2) is 144 Å². The Morgan fingerprint density at radius 3 is 1.53 bits per heavy atom. The molecule has 8 rings (SSSR count). The van der Waals surface area contributed by atoms with Crippen LogP contribution >= 0.6 is 0 Å². The van der Waals surface area contributed by atoms with E-state index in [4.69, 9.17) is 10.8 Å². The van der Waals surface area contributed by atoms with Gasteiger partial charge in [0.25, 0.3) is 5.91 Å². The van der Waals surface area contributed by atoms with E-state index in [0.29, 0.717) is 18.4 Å². The number of hydrogen-bond donors (Lipinski definition) is 5. The Morgan fingerprint density at radius 2 is 1.02 bits per heavy atom. The van der Waals surface area contributed by atoms with Crippen molar-refractivity contribution in [2.24, 2.45) is 0 Å². The summed E-state index contributed by atoms with van der Waals surface area (Å²) in [5.74, 6) is -0.697. The maximum Gasteiger partial charge on any atom is 0.335 e. The van der Waals surface area contributed by atoms with E-state index >= 15 is 0 Å². The van der Waals surface area contributed by atoms with Gasteiger partial charge in [-0.2, -0.15) is 0 Å². The van der Waals surface area contributed by atoms with Crippen molar-refractivity contribution < 1.29 is 24.3 Å². The van der Waals surface area contributed by atoms with Gasteiger partial charge in [0, 0.05) is 74.5 Å². The number of anilines is 4. The number of aromatic carboxylic acids is 1. The van der Waals surface area contributed by atoms with Crippen LogP contribution in [0.1, 0.15) is 71.4 Å². The molecule has 0 atom stereocenters. The van der Waals surface area contributed by atoms with Gasteiger partial charge in [0.2, 0.25) is 0 Å². The van der Waals surface area contributed by atoms with Gasteiger partial charge in [0.1, 0.15) is 0 Å². The highest BCUT2D eigenvalue weighted by molar-refractivity contribution is 6.09. The Hall–Kier alpha value is -7.00. The fourth-order valence-corrected chi connectivity index (χ4v) is 6.86. The molecule has 0 heterocycles. The largest absolute Gasteiger partial charge is 0.478 e. The van der Waals surface area contributed by atoms with Crippen LogP contribution in [0, 0.1) is 13.8 Å². The first-order chi connectivity index (χ1) is 27.4. The Balaban J connectivity index is 0.000000161. The number of allylic oxidation sites excluding steroid dienone is 4. The number of benzene rings is 6. The van der Waals surface area contributed by atoms with Crippen molar-refractivity contribution in [3.63, 3.8) is 0 Å². The number of fused-ring (bicyclic) bond motifs is 2. The molecule has 0 saturated carbocycles. The number of nitrogen functional groups attached to an aromatic ring is 1. The van der Waals surface area contributed by atoms with Gasteiger partial charge in [-0.15, -0.1) is 0 Å². The molecule has 0 saturated heterocycles. The molecule has 0 aliphatic heterocycles. The number of carbonyl (C=O) groups is 4. The molecule has 1 amide bonds. The minimum atomic E-state index is -0.934. The summed E-state index contributed by atoms with van der Waals surface area (Å²) in [7, 11) is 0. The lowest BCUT2D eigenvalue weighted by molar-refractivity contribution is -0.115. The van der Waals surface area contributed by atoms with Gasteiger partial charge in [-0.1, -0.05) is 72.8 Å². The molecule has 0 spiro atoms. The molecule has 0 fully saturated rings. The van der Waals surface area contributed by atoms with Crippen molar-refractivity contribution in [3.05, 3.63) is 166 Å². The second kappa shape index (κ2) is 17.6. The molecular weight excluding hydrogens is 713 g/mol. The van der Waals surface area contributed by atoms with Gasteiger partial charge in [0.05, 0.1) is 5.56 Å². The van der Waals surface area contributed by atoms with Crippen LogP contribution in [0.25, 0.3) is 21.5 Å². The van der Waals surface area contributed by atoms with Crippen LogP contribution in [0.4, 0.5) is 22.7 Å². The van der Waals surface area contributed by atoms with E-state index in [1.54, 1.807) is 18.2 Å². The van der Waals surface area contributed by atoms with Gasteiger partial charge in [-0.25, -0.2) is 4.79 Å². The molecule has 6 aromatic rings. The molecular formula is C48H46N4O5. The summed E-state index contributed by atoms with van der Waals surface area (Å²) in [4.78, 5) is 46.8. The quantitative estimate of drug-likeness (QED) is 0.101. The SMILES string of the molecule is CC1=C(Nc2ccc(C(=O)Nc3cccc4ccccc34)cc2C)CCC1=O.CC1=C(Nc2ccc(C(=O)O)cc2C)CCC1=O.Nc1cccc2ccccc12. The van der Waals surface area contributed by atoms with Gasteiger partial charge < -0.3 is 26.8 Å². The topological polar surface area (TPSA) is 151 Å². The maximum atomic E-state index is 12.8. The summed E-state index contributed by atoms with van der Waals surface area (Å²) in [6.07, 6.45) is 2.59. The number of ketones is 2. The van der Waals surface area contributed by atoms with Crippen LogP contribution in [0.3, 0.4) is 0 Å². The van der Waals surface area contributed by atoms with E-state index in [1.165, 1.54) is 5.39 Å². The average molecular weight is 759 g/mol. The maximum absolute atomic E-state index is 12.8. The zero-order valence-electron chi connectivity index (χ0n) is 32.5. The molecule has 0 unspecified atom stereocenters. The van der Waals surface area contributed by atoms with Crippen LogP contribution in [-0.2, 0) is 9.59 Å². The number of aryl methyl sites for hydroxylation is 2. The number of Topliss-reactive ketones (excluding diaryl/α,β-unsaturated/α-hetero) is 2. The van der Waals surface area contributed by atoms with E-state index in [-0.39, 0.29) is 23.0 Å². The number of carboxylic acids is 1. The highest BCUT2D eigenvalue weighted by Crippen LogP contribution is 2.29. The highest BCUT2D eigenvalue weighted by Gasteiger charge is 2.21. The summed E-state index contributed by atoms with van der Waals surface area (Å²) in [5.41, 5.74) is 15.4. The number of hydrogen-bond acceptors (Lipinski definition) is 7. The highest BCUT2D eigenvalue weighted by atomic mass is 16.4. The zero-order chi connectivity index (χ0) is 40.6. The number of carbonyl (C=O) groups excluding carboxylic acids is 3. The molecule has 2 aliphatic carbocycles. The molecule has 6 aromatic carbocycles. The molecule has 9 heteroatoms. The second-order valence-corrected chi connectivity index (χ2v) is 14.2. The van der Waals surface area contributed by atoms with E-state index in [1.807, 2.05) is 119 Å². The van der Waals surface area contributed by atoms with Crippen molar-refractivity contribution in [2.45, 2.75) is 53.4 Å². The lowest BCUT2D eigenvalue weighted by Gasteiger charge is -2.13. The van der Waals surface area contributed by atoms with Crippen LogP contribution in [-0.4, -0.2) is 28.5 Å². The first-order valence-electron chi connectivity index (χ1n) is 18.9. The fraction of sp³-hybridized carbons (Fsp3) is 0.167. The number of amides is 1. The molecule has 0 aromatic heterocycles. The van der Waals surface area contributed by atoms with Gasteiger partial charge in [0.15, 0.2) is 11.6 Å². The van der Waals surface area contributed by atoms with Crippen molar-refractivity contribution >= 4 is 67.7 Å². The third-order valence-corrected chi connectivity index (χ3v) is 10.3. The van der Waals surface area contributed by atoms with Crippen molar-refractivity contribution in [1.82, 2.24) is 0 Å². The van der Waals surface area contributed by atoms with E-state index in [9.17, 15) is 19.2 Å². The molecule has 6 N–H and O–H groups in total. The van der Waals surface area contributed by atoms with E-state index in [0.717, 1.165) is 85.4 Å². The number of carboxylic acid groups (broad SMARTS) is 1.